The number of furan rings is 1. The third kappa shape index (κ3) is 4.23. The van der Waals surface area contributed by atoms with E-state index in [1.165, 1.54) is 16.3 Å². The van der Waals surface area contributed by atoms with Crippen LogP contribution in [-0.2, 0) is 11.3 Å². The zero-order valence-corrected chi connectivity index (χ0v) is 17.0. The molecule has 0 atom stereocenters. The molecule has 3 heterocycles. The van der Waals surface area contributed by atoms with E-state index in [9.17, 15) is 9.59 Å². The van der Waals surface area contributed by atoms with Crippen LogP contribution in [-0.4, -0.2) is 26.2 Å². The minimum absolute atomic E-state index is 0.0741. The lowest BCUT2D eigenvalue weighted by atomic mass is 10.3. The van der Waals surface area contributed by atoms with E-state index in [0.717, 1.165) is 5.69 Å². The van der Waals surface area contributed by atoms with Gasteiger partial charge >= 0.3 is 0 Å². The Labute approximate surface area is 175 Å². The van der Waals surface area contributed by atoms with Gasteiger partial charge in [0.15, 0.2) is 5.16 Å². The maximum absolute atomic E-state index is 13.0. The highest BCUT2D eigenvalue weighted by Gasteiger charge is 2.16. The Kier molecular flexibility index (Phi) is 5.46. The number of thioether (sulfide) groups is 1. The number of aromatic nitrogens is 3. The number of para-hydroxylation sites is 1. The second-order valence-electron chi connectivity index (χ2n) is 6.39. The van der Waals surface area contributed by atoms with E-state index in [0.29, 0.717) is 32.7 Å². The molecule has 0 unspecified atom stereocenters. The van der Waals surface area contributed by atoms with Gasteiger partial charge in [-0.25, -0.2) is 4.98 Å². The first kappa shape index (κ1) is 19.4. The number of carbonyl (C=O) groups is 1. The van der Waals surface area contributed by atoms with Crippen molar-refractivity contribution >= 4 is 46.0 Å². The molecule has 0 saturated heterocycles. The van der Waals surface area contributed by atoms with E-state index in [1.807, 2.05) is 13.0 Å². The van der Waals surface area contributed by atoms with E-state index < -0.39 is 0 Å². The summed E-state index contributed by atoms with van der Waals surface area (Å²) in [7, 11) is 0. The number of aryl methyl sites for hydroxylation is 1. The molecular formula is C20H17ClN4O3S. The maximum Gasteiger partial charge on any atom is 0.278 e. The first-order valence-electron chi connectivity index (χ1n) is 8.81. The van der Waals surface area contributed by atoms with Crippen molar-refractivity contribution in [1.29, 1.82) is 0 Å². The Morgan fingerprint density at radius 2 is 2.14 bits per heavy atom. The van der Waals surface area contributed by atoms with Crippen molar-refractivity contribution in [1.82, 2.24) is 14.5 Å². The number of amides is 1. The molecule has 0 aliphatic rings. The number of nitrogens with zero attached hydrogens (tertiary/aromatic N) is 2. The maximum atomic E-state index is 13.0. The van der Waals surface area contributed by atoms with Gasteiger partial charge < -0.3 is 14.7 Å². The normalized spacial score (nSPS) is 11.1. The first-order chi connectivity index (χ1) is 14.0. The largest absolute Gasteiger partial charge is 0.467 e. The van der Waals surface area contributed by atoms with Crippen molar-refractivity contribution < 1.29 is 9.21 Å². The zero-order valence-electron chi connectivity index (χ0n) is 15.4. The van der Waals surface area contributed by atoms with Crippen LogP contribution in [0.15, 0.2) is 63.1 Å². The van der Waals surface area contributed by atoms with Crippen molar-refractivity contribution in [2.24, 2.45) is 0 Å². The van der Waals surface area contributed by atoms with Crippen LogP contribution in [0.1, 0.15) is 11.5 Å². The lowest BCUT2D eigenvalue weighted by Gasteiger charge is -2.11. The molecule has 9 heteroatoms. The van der Waals surface area contributed by atoms with Crippen molar-refractivity contribution in [2.45, 2.75) is 18.6 Å². The molecule has 4 aromatic rings. The molecule has 7 nitrogen and oxygen atoms in total. The molecule has 0 aliphatic carbocycles. The molecule has 148 valence electrons. The number of nitrogens with one attached hydrogen (secondary N) is 2. The molecule has 1 amide bonds. The second kappa shape index (κ2) is 8.18. The second-order valence-corrected chi connectivity index (χ2v) is 7.74. The standard InChI is InChI=1S/C20H17ClN4O3S/c1-12-9-16-18(22-12)19(27)25(10-13-5-4-8-28-13)20(24-16)29-11-17(26)23-15-7-3-2-6-14(15)21/h2-9,22H,10-11H2,1H3,(H,23,26). The van der Waals surface area contributed by atoms with Crippen molar-refractivity contribution in [3.05, 3.63) is 75.6 Å². The van der Waals surface area contributed by atoms with Gasteiger partial charge in [-0.15, -0.1) is 0 Å². The van der Waals surface area contributed by atoms with Crippen molar-refractivity contribution in [3.8, 4) is 0 Å². The summed E-state index contributed by atoms with van der Waals surface area (Å²) >= 11 is 7.27. The van der Waals surface area contributed by atoms with Crippen LogP contribution in [0.3, 0.4) is 0 Å². The van der Waals surface area contributed by atoms with Crippen LogP contribution in [0.5, 0.6) is 0 Å². The Morgan fingerprint density at radius 3 is 2.90 bits per heavy atom. The number of fused-ring (bicyclic) bond motifs is 1. The van der Waals surface area contributed by atoms with E-state index in [-0.39, 0.29) is 23.8 Å². The molecule has 0 radical (unpaired) electrons. The molecular weight excluding hydrogens is 412 g/mol. The van der Waals surface area contributed by atoms with Gasteiger partial charge in [0, 0.05) is 5.69 Å². The van der Waals surface area contributed by atoms with E-state index >= 15 is 0 Å². The van der Waals surface area contributed by atoms with Gasteiger partial charge in [-0.2, -0.15) is 0 Å². The topological polar surface area (TPSA) is 92.9 Å². The SMILES string of the molecule is Cc1cc2nc(SCC(=O)Nc3ccccc3Cl)n(Cc3ccco3)c(=O)c2[nH]1. The predicted molar refractivity (Wildman–Crippen MR) is 114 cm³/mol. The number of carbonyl (C=O) groups excluding carboxylic acids is 1. The summed E-state index contributed by atoms with van der Waals surface area (Å²) in [5.74, 6) is 0.455. The lowest BCUT2D eigenvalue weighted by molar-refractivity contribution is -0.113. The fourth-order valence-electron chi connectivity index (χ4n) is 2.90. The highest BCUT2D eigenvalue weighted by Crippen LogP contribution is 2.23. The van der Waals surface area contributed by atoms with E-state index in [4.69, 9.17) is 16.0 Å². The molecule has 0 fully saturated rings. The summed E-state index contributed by atoms with van der Waals surface area (Å²) in [6.07, 6.45) is 1.55. The van der Waals surface area contributed by atoms with Gasteiger partial charge in [0.05, 0.1) is 34.8 Å². The first-order valence-corrected chi connectivity index (χ1v) is 10.2. The van der Waals surface area contributed by atoms with Crippen LogP contribution >= 0.6 is 23.4 Å². The van der Waals surface area contributed by atoms with E-state index in [2.05, 4.69) is 15.3 Å². The van der Waals surface area contributed by atoms with Gasteiger partial charge in [0.1, 0.15) is 11.3 Å². The fraction of sp³-hybridized carbons (Fsp3) is 0.150. The molecule has 3 aromatic heterocycles. The summed E-state index contributed by atoms with van der Waals surface area (Å²) in [6, 6.07) is 12.4. The molecule has 0 bridgehead atoms. The summed E-state index contributed by atoms with van der Waals surface area (Å²) in [5, 5.41) is 3.67. The number of halogens is 1. The average molecular weight is 429 g/mol. The molecule has 0 aliphatic heterocycles. The Morgan fingerprint density at radius 1 is 1.31 bits per heavy atom. The smallest absolute Gasteiger partial charge is 0.278 e. The Hall–Kier alpha value is -2.97. The van der Waals surface area contributed by atoms with Crippen LogP contribution in [0.25, 0.3) is 11.0 Å². The molecule has 1 aromatic carbocycles. The van der Waals surface area contributed by atoms with E-state index in [1.54, 1.807) is 42.7 Å². The van der Waals surface area contributed by atoms with Crippen LogP contribution in [0.2, 0.25) is 5.02 Å². The van der Waals surface area contributed by atoms with Gasteiger partial charge in [-0.3, -0.25) is 14.2 Å². The number of rotatable bonds is 6. The summed E-state index contributed by atoms with van der Waals surface area (Å²) in [5.41, 5.74) is 2.16. The lowest BCUT2D eigenvalue weighted by Crippen LogP contribution is -2.24. The molecule has 29 heavy (non-hydrogen) atoms. The summed E-state index contributed by atoms with van der Waals surface area (Å²) in [4.78, 5) is 33.0. The third-order valence-electron chi connectivity index (χ3n) is 4.21. The molecule has 2 N–H and O–H groups in total. The number of anilines is 1. The van der Waals surface area contributed by atoms with Crippen LogP contribution < -0.4 is 10.9 Å². The molecule has 0 saturated carbocycles. The van der Waals surface area contributed by atoms with Crippen molar-refractivity contribution in [2.75, 3.05) is 11.1 Å². The number of H-pyrrole nitrogens is 1. The number of hydrogen-bond acceptors (Lipinski definition) is 5. The minimum atomic E-state index is -0.243. The number of hydrogen-bond donors (Lipinski definition) is 2. The quantitative estimate of drug-likeness (QED) is 0.357. The third-order valence-corrected chi connectivity index (χ3v) is 5.52. The number of benzene rings is 1. The van der Waals surface area contributed by atoms with Crippen LogP contribution in [0.4, 0.5) is 5.69 Å². The molecule has 0 spiro atoms. The van der Waals surface area contributed by atoms with Gasteiger partial charge in [-0.05, 0) is 37.3 Å². The van der Waals surface area contributed by atoms with Crippen LogP contribution in [0, 0.1) is 6.92 Å². The monoisotopic (exact) mass is 428 g/mol. The highest BCUT2D eigenvalue weighted by molar-refractivity contribution is 7.99. The van der Waals surface area contributed by atoms with Gasteiger partial charge in [0.25, 0.3) is 5.56 Å². The fourth-order valence-corrected chi connectivity index (χ4v) is 3.88. The zero-order chi connectivity index (χ0) is 20.4. The predicted octanol–water partition coefficient (Wildman–Crippen LogP) is 4.06. The minimum Gasteiger partial charge on any atom is -0.467 e. The Bertz CT molecular complexity index is 1230. The van der Waals surface area contributed by atoms with Crippen molar-refractivity contribution in [3.63, 3.8) is 0 Å². The van der Waals surface area contributed by atoms with Gasteiger partial charge in [-0.1, -0.05) is 35.5 Å². The average Bonchev–Trinajstić information content (AvgIpc) is 3.33. The number of aromatic amines is 1. The summed E-state index contributed by atoms with van der Waals surface area (Å²) < 4.78 is 6.89. The molecule has 4 rings (SSSR count). The highest BCUT2D eigenvalue weighted by atomic mass is 35.5. The summed E-state index contributed by atoms with van der Waals surface area (Å²) in [6.45, 7) is 2.09. The Balaban J connectivity index is 1.60. The van der Waals surface area contributed by atoms with Gasteiger partial charge in [0.2, 0.25) is 5.91 Å².